The van der Waals surface area contributed by atoms with E-state index in [2.05, 4.69) is 17.2 Å². The zero-order chi connectivity index (χ0) is 6.41. The molecule has 0 spiro atoms. The number of hydrogen-bond acceptors (Lipinski definition) is 2. The summed E-state index contributed by atoms with van der Waals surface area (Å²) in [7, 11) is 0. The van der Waals surface area contributed by atoms with Crippen molar-refractivity contribution in [3.8, 4) is 0 Å². The monoisotopic (exact) mass is 114 g/mol. The van der Waals surface area contributed by atoms with Gasteiger partial charge in [-0.1, -0.05) is 13.8 Å². The van der Waals surface area contributed by atoms with Gasteiger partial charge in [0.2, 0.25) is 0 Å². The minimum atomic E-state index is 0.574. The maximum absolute atomic E-state index is 3.93. The van der Waals surface area contributed by atoms with E-state index in [4.69, 9.17) is 0 Å². The summed E-state index contributed by atoms with van der Waals surface area (Å²) < 4.78 is 0. The van der Waals surface area contributed by atoms with Crippen molar-refractivity contribution in [1.29, 1.82) is 0 Å². The van der Waals surface area contributed by atoms with Gasteiger partial charge in [-0.25, -0.2) is 0 Å². The Balaban J connectivity index is 0.000000222. The van der Waals surface area contributed by atoms with Gasteiger partial charge in [0.1, 0.15) is 0 Å². The maximum Gasteiger partial charge on any atom is 0.0827 e. The molecule has 0 saturated heterocycles. The average Bonchev–Trinajstić information content (AvgIpc) is 2.24. The van der Waals surface area contributed by atoms with Crippen molar-refractivity contribution in [2.24, 2.45) is 4.99 Å². The summed E-state index contributed by atoms with van der Waals surface area (Å²) in [4.78, 5) is 3.93. The van der Waals surface area contributed by atoms with Crippen molar-refractivity contribution in [2.45, 2.75) is 26.8 Å². The standard InChI is InChI=1S/C4H8N2.C2H6/c1-4-2-5-3-6-4;1-2/h3-4H,2H2,1H3,(H,5,6);1-2H3. The molecule has 8 heavy (non-hydrogen) atoms. The summed E-state index contributed by atoms with van der Waals surface area (Å²) in [6.45, 7) is 7.05. The molecule has 0 saturated carbocycles. The highest BCUT2D eigenvalue weighted by Gasteiger charge is 1.98. The van der Waals surface area contributed by atoms with E-state index in [9.17, 15) is 0 Å². The van der Waals surface area contributed by atoms with Crippen molar-refractivity contribution in [2.75, 3.05) is 6.54 Å². The Bertz CT molecular complexity index is 60.9. The molecule has 0 fully saturated rings. The van der Waals surface area contributed by atoms with Crippen molar-refractivity contribution in [1.82, 2.24) is 5.32 Å². The van der Waals surface area contributed by atoms with Gasteiger partial charge in [0.05, 0.1) is 12.9 Å². The average molecular weight is 114 g/mol. The van der Waals surface area contributed by atoms with E-state index in [1.165, 1.54) is 0 Å². The highest BCUT2D eigenvalue weighted by Crippen LogP contribution is 1.84. The lowest BCUT2D eigenvalue weighted by Gasteiger charge is -1.94. The Kier molecular flexibility index (Phi) is 4.32. The predicted octanol–water partition coefficient (Wildman–Crippen LogP) is 1.03. The Morgan fingerprint density at radius 1 is 1.62 bits per heavy atom. The van der Waals surface area contributed by atoms with Gasteiger partial charge < -0.3 is 5.32 Å². The largest absolute Gasteiger partial charge is 0.372 e. The third kappa shape index (κ3) is 2.61. The van der Waals surface area contributed by atoms with Crippen LogP contribution < -0.4 is 5.32 Å². The van der Waals surface area contributed by atoms with Crippen LogP contribution in [0.15, 0.2) is 4.99 Å². The van der Waals surface area contributed by atoms with Crippen LogP contribution in [0.5, 0.6) is 0 Å². The topological polar surface area (TPSA) is 24.4 Å². The molecule has 0 aromatic carbocycles. The molecular formula is C6H14N2. The summed E-state index contributed by atoms with van der Waals surface area (Å²) in [6, 6.07) is 0.574. The van der Waals surface area contributed by atoms with Crippen LogP contribution in [0, 0.1) is 0 Å². The number of nitrogens with zero attached hydrogens (tertiary/aromatic N) is 1. The Morgan fingerprint density at radius 3 is 2.38 bits per heavy atom. The first-order valence-electron chi connectivity index (χ1n) is 3.14. The molecule has 0 aliphatic carbocycles. The minimum absolute atomic E-state index is 0.574. The summed E-state index contributed by atoms with van der Waals surface area (Å²) in [6.07, 6.45) is 1.75. The van der Waals surface area contributed by atoms with Gasteiger partial charge in [-0.15, -0.1) is 0 Å². The Labute approximate surface area is 51.0 Å². The van der Waals surface area contributed by atoms with Crippen LogP contribution in [0.4, 0.5) is 0 Å². The fourth-order valence-electron chi connectivity index (χ4n) is 0.443. The van der Waals surface area contributed by atoms with E-state index in [-0.39, 0.29) is 0 Å². The zero-order valence-electron chi connectivity index (χ0n) is 5.81. The van der Waals surface area contributed by atoms with Crippen LogP contribution in [-0.4, -0.2) is 18.9 Å². The molecule has 2 nitrogen and oxygen atoms in total. The molecule has 48 valence electrons. The van der Waals surface area contributed by atoms with Crippen LogP contribution in [0.25, 0.3) is 0 Å². The molecule has 1 heterocycles. The molecule has 2 heteroatoms. The molecule has 0 aromatic rings. The van der Waals surface area contributed by atoms with Crippen molar-refractivity contribution in [3.05, 3.63) is 0 Å². The summed E-state index contributed by atoms with van der Waals surface area (Å²) in [5.74, 6) is 0. The van der Waals surface area contributed by atoms with Crippen LogP contribution >= 0.6 is 0 Å². The Morgan fingerprint density at radius 2 is 2.25 bits per heavy atom. The lowest BCUT2D eigenvalue weighted by Crippen LogP contribution is -2.19. The van der Waals surface area contributed by atoms with Gasteiger partial charge in [-0.3, -0.25) is 4.99 Å². The highest BCUT2D eigenvalue weighted by molar-refractivity contribution is 5.56. The van der Waals surface area contributed by atoms with Crippen LogP contribution in [0.3, 0.4) is 0 Å². The second kappa shape index (κ2) is 4.62. The third-order valence-electron chi connectivity index (χ3n) is 0.830. The molecule has 0 radical (unpaired) electrons. The van der Waals surface area contributed by atoms with Crippen molar-refractivity contribution >= 4 is 6.34 Å². The third-order valence-corrected chi connectivity index (χ3v) is 0.830. The van der Waals surface area contributed by atoms with Gasteiger partial charge in [-0.05, 0) is 6.92 Å². The summed E-state index contributed by atoms with van der Waals surface area (Å²) in [5.41, 5.74) is 0. The second-order valence-corrected chi connectivity index (χ2v) is 1.56. The quantitative estimate of drug-likeness (QED) is 0.500. The van der Waals surface area contributed by atoms with Gasteiger partial charge in [0, 0.05) is 6.04 Å². The fraction of sp³-hybridized carbons (Fsp3) is 0.833. The maximum atomic E-state index is 3.93. The fourth-order valence-corrected chi connectivity index (χ4v) is 0.443. The Hall–Kier alpha value is -0.530. The first kappa shape index (κ1) is 7.47. The van der Waals surface area contributed by atoms with E-state index in [1.807, 2.05) is 13.8 Å². The van der Waals surface area contributed by atoms with Gasteiger partial charge in [-0.2, -0.15) is 0 Å². The van der Waals surface area contributed by atoms with Crippen LogP contribution in [-0.2, 0) is 0 Å². The highest BCUT2D eigenvalue weighted by atomic mass is 15.0. The van der Waals surface area contributed by atoms with Crippen molar-refractivity contribution in [3.63, 3.8) is 0 Å². The number of nitrogens with one attached hydrogen (secondary N) is 1. The molecule has 1 aliphatic heterocycles. The molecule has 1 rings (SSSR count). The summed E-state index contributed by atoms with van der Waals surface area (Å²) in [5, 5.41) is 3.03. The van der Waals surface area contributed by atoms with E-state index >= 15 is 0 Å². The van der Waals surface area contributed by atoms with Crippen LogP contribution in [0.2, 0.25) is 0 Å². The summed E-state index contributed by atoms with van der Waals surface area (Å²) >= 11 is 0. The molecular weight excluding hydrogens is 100 g/mol. The van der Waals surface area contributed by atoms with Gasteiger partial charge in [0.25, 0.3) is 0 Å². The predicted molar refractivity (Wildman–Crippen MR) is 37.3 cm³/mol. The number of rotatable bonds is 0. The second-order valence-electron chi connectivity index (χ2n) is 1.56. The van der Waals surface area contributed by atoms with Crippen LogP contribution in [0.1, 0.15) is 20.8 Å². The lowest BCUT2D eigenvalue weighted by molar-refractivity contribution is 0.729. The number of hydrogen-bond donors (Lipinski definition) is 1. The van der Waals surface area contributed by atoms with E-state index in [0.717, 1.165) is 6.54 Å². The van der Waals surface area contributed by atoms with Gasteiger partial charge >= 0.3 is 0 Å². The zero-order valence-corrected chi connectivity index (χ0v) is 5.81. The first-order valence-corrected chi connectivity index (χ1v) is 3.14. The number of aliphatic imine (C=N–C) groups is 1. The van der Waals surface area contributed by atoms with E-state index in [1.54, 1.807) is 6.34 Å². The molecule has 0 bridgehead atoms. The molecule has 1 unspecified atom stereocenters. The molecule has 0 amide bonds. The van der Waals surface area contributed by atoms with E-state index in [0.29, 0.717) is 6.04 Å². The SMILES string of the molecule is CC.CC1CN=CN1. The van der Waals surface area contributed by atoms with Gasteiger partial charge in [0.15, 0.2) is 0 Å². The normalized spacial score (nSPS) is 23.6. The minimum Gasteiger partial charge on any atom is -0.372 e. The first-order chi connectivity index (χ1) is 3.89. The molecule has 0 aromatic heterocycles. The smallest absolute Gasteiger partial charge is 0.0827 e. The molecule has 1 aliphatic rings. The lowest BCUT2D eigenvalue weighted by atomic mass is 10.4. The molecule has 1 N–H and O–H groups in total. The molecule has 1 atom stereocenters. The van der Waals surface area contributed by atoms with Crippen molar-refractivity contribution < 1.29 is 0 Å². The van der Waals surface area contributed by atoms with E-state index < -0.39 is 0 Å².